The van der Waals surface area contributed by atoms with Crippen LogP contribution in [0.2, 0.25) is 0 Å². The summed E-state index contributed by atoms with van der Waals surface area (Å²) in [6.07, 6.45) is 3.70. The third-order valence-electron chi connectivity index (χ3n) is 7.72. The van der Waals surface area contributed by atoms with Crippen LogP contribution in [0.5, 0.6) is 0 Å². The van der Waals surface area contributed by atoms with Gasteiger partial charge in [-0.2, -0.15) is 13.2 Å². The quantitative estimate of drug-likeness (QED) is 0.209. The van der Waals surface area contributed by atoms with Gasteiger partial charge in [0.1, 0.15) is 5.82 Å². The predicted octanol–water partition coefficient (Wildman–Crippen LogP) is 9.49. The molecule has 1 saturated carbocycles. The van der Waals surface area contributed by atoms with Crippen molar-refractivity contribution in [3.8, 4) is 11.1 Å². The van der Waals surface area contributed by atoms with Gasteiger partial charge in [-0.25, -0.2) is 4.39 Å². The van der Waals surface area contributed by atoms with Crippen molar-refractivity contribution in [3.05, 3.63) is 53.3 Å². The van der Waals surface area contributed by atoms with Crippen molar-refractivity contribution in [2.24, 2.45) is 11.8 Å². The van der Waals surface area contributed by atoms with E-state index in [4.69, 9.17) is 4.74 Å². The van der Waals surface area contributed by atoms with Crippen molar-refractivity contribution in [3.63, 3.8) is 0 Å². The maximum Gasteiger partial charge on any atom is 0.419 e. The summed E-state index contributed by atoms with van der Waals surface area (Å²) >= 11 is 1.68. The molecule has 192 valence electrons. The minimum absolute atomic E-state index is 0.102. The van der Waals surface area contributed by atoms with E-state index in [2.05, 4.69) is 13.8 Å². The first-order chi connectivity index (χ1) is 16.8. The van der Waals surface area contributed by atoms with Crippen LogP contribution in [-0.4, -0.2) is 18.5 Å². The second kappa shape index (κ2) is 11.7. The van der Waals surface area contributed by atoms with Gasteiger partial charge in [-0.1, -0.05) is 57.4 Å². The number of alkyl halides is 3. The first-order valence-electron chi connectivity index (χ1n) is 13.0. The lowest BCUT2D eigenvalue weighted by Gasteiger charge is -2.37. The van der Waals surface area contributed by atoms with E-state index in [1.807, 2.05) is 12.1 Å². The standard InChI is InChI=1S/C29H36F4OS/c1-3-4-17-35-23-12-9-20(10-13-23)24-14-15-25(28(30)27(24)29(31,32)33)22-11-16-26(34-18-22)21-7-5-19(2)6-8-21/h9-10,12-15,19,21-22,26H,3-8,11,16-18H2,1-2H3. The minimum Gasteiger partial charge on any atom is -0.377 e. The summed E-state index contributed by atoms with van der Waals surface area (Å²) in [4.78, 5) is 1.01. The molecule has 1 heterocycles. The first-order valence-corrected chi connectivity index (χ1v) is 14.0. The third kappa shape index (κ3) is 6.43. The van der Waals surface area contributed by atoms with E-state index in [0.717, 1.165) is 48.7 Å². The molecular weight excluding hydrogens is 472 g/mol. The van der Waals surface area contributed by atoms with E-state index < -0.39 is 17.6 Å². The lowest BCUT2D eigenvalue weighted by molar-refractivity contribution is -0.139. The Kier molecular flexibility index (Phi) is 8.85. The Morgan fingerprint density at radius 1 is 0.943 bits per heavy atom. The van der Waals surface area contributed by atoms with Crippen molar-refractivity contribution < 1.29 is 22.3 Å². The number of ether oxygens (including phenoxy) is 1. The van der Waals surface area contributed by atoms with E-state index in [1.54, 1.807) is 30.0 Å². The Labute approximate surface area is 211 Å². The average Bonchev–Trinajstić information content (AvgIpc) is 2.84. The highest BCUT2D eigenvalue weighted by molar-refractivity contribution is 7.99. The summed E-state index contributed by atoms with van der Waals surface area (Å²) < 4.78 is 63.9. The second-order valence-corrected chi connectivity index (χ2v) is 11.4. The number of hydrogen-bond acceptors (Lipinski definition) is 2. The number of halogens is 4. The van der Waals surface area contributed by atoms with Crippen molar-refractivity contribution in [2.75, 3.05) is 12.4 Å². The maximum absolute atomic E-state index is 15.5. The van der Waals surface area contributed by atoms with E-state index in [-0.39, 0.29) is 29.8 Å². The molecule has 0 amide bonds. The number of rotatable bonds is 7. The van der Waals surface area contributed by atoms with E-state index in [1.165, 1.54) is 18.9 Å². The lowest BCUT2D eigenvalue weighted by atomic mass is 9.77. The van der Waals surface area contributed by atoms with Gasteiger partial charge in [-0.3, -0.25) is 0 Å². The topological polar surface area (TPSA) is 9.23 Å². The van der Waals surface area contributed by atoms with Gasteiger partial charge in [0.2, 0.25) is 0 Å². The molecule has 2 atom stereocenters. The zero-order valence-corrected chi connectivity index (χ0v) is 21.5. The molecular formula is C29H36F4OS. The Balaban J connectivity index is 1.51. The van der Waals surface area contributed by atoms with Crippen LogP contribution in [0, 0.1) is 17.7 Å². The zero-order chi connectivity index (χ0) is 25.0. The van der Waals surface area contributed by atoms with Crippen LogP contribution >= 0.6 is 11.8 Å². The SMILES string of the molecule is CCCCSc1ccc(-c2ccc(C3CCC(C4CCC(C)CC4)OC3)c(F)c2C(F)(F)F)cc1. The van der Waals surface area contributed by atoms with Crippen LogP contribution in [0.4, 0.5) is 17.6 Å². The van der Waals surface area contributed by atoms with Gasteiger partial charge in [0.15, 0.2) is 0 Å². The lowest BCUT2D eigenvalue weighted by Crippen LogP contribution is -2.33. The van der Waals surface area contributed by atoms with Gasteiger partial charge in [0, 0.05) is 10.8 Å². The molecule has 0 bridgehead atoms. The normalized spacial score (nSPS) is 25.5. The van der Waals surface area contributed by atoms with E-state index in [0.29, 0.717) is 17.9 Å². The zero-order valence-electron chi connectivity index (χ0n) is 20.7. The smallest absolute Gasteiger partial charge is 0.377 e. The van der Waals surface area contributed by atoms with Crippen LogP contribution in [0.3, 0.4) is 0 Å². The summed E-state index contributed by atoms with van der Waals surface area (Å²) in [5.41, 5.74) is -0.753. The molecule has 6 heteroatoms. The van der Waals surface area contributed by atoms with E-state index in [9.17, 15) is 13.2 Å². The largest absolute Gasteiger partial charge is 0.419 e. The molecule has 0 radical (unpaired) electrons. The third-order valence-corrected chi connectivity index (χ3v) is 8.82. The molecule has 4 rings (SSSR count). The fraction of sp³-hybridized carbons (Fsp3) is 0.586. The number of unbranched alkanes of at least 4 members (excludes halogenated alkanes) is 1. The summed E-state index contributed by atoms with van der Waals surface area (Å²) in [5.74, 6) is 0.758. The first kappa shape index (κ1) is 26.5. The van der Waals surface area contributed by atoms with Gasteiger partial charge in [-0.15, -0.1) is 11.8 Å². The van der Waals surface area contributed by atoms with Crippen LogP contribution in [-0.2, 0) is 10.9 Å². The van der Waals surface area contributed by atoms with Gasteiger partial charge < -0.3 is 4.74 Å². The van der Waals surface area contributed by atoms with Gasteiger partial charge in [-0.05, 0) is 78.5 Å². The summed E-state index contributed by atoms with van der Waals surface area (Å²) in [5, 5.41) is 0. The molecule has 35 heavy (non-hydrogen) atoms. The minimum atomic E-state index is -4.78. The summed E-state index contributed by atoms with van der Waals surface area (Å²) in [7, 11) is 0. The molecule has 2 aliphatic rings. The van der Waals surface area contributed by atoms with Crippen LogP contribution in [0.15, 0.2) is 41.3 Å². The van der Waals surface area contributed by atoms with Crippen molar-refractivity contribution >= 4 is 11.8 Å². The van der Waals surface area contributed by atoms with Crippen molar-refractivity contribution in [1.29, 1.82) is 0 Å². The highest BCUT2D eigenvalue weighted by atomic mass is 32.2. The highest BCUT2D eigenvalue weighted by Gasteiger charge is 2.40. The number of hydrogen-bond donors (Lipinski definition) is 0. The molecule has 0 N–H and O–H groups in total. The highest BCUT2D eigenvalue weighted by Crippen LogP contribution is 2.44. The molecule has 2 aromatic carbocycles. The molecule has 1 nitrogen and oxygen atoms in total. The Bertz CT molecular complexity index is 956. The monoisotopic (exact) mass is 508 g/mol. The second-order valence-electron chi connectivity index (χ2n) is 10.3. The van der Waals surface area contributed by atoms with Crippen molar-refractivity contribution in [1.82, 2.24) is 0 Å². The average molecular weight is 509 g/mol. The molecule has 2 aromatic rings. The summed E-state index contributed by atoms with van der Waals surface area (Å²) in [6, 6.07) is 9.95. The Morgan fingerprint density at radius 2 is 1.66 bits per heavy atom. The predicted molar refractivity (Wildman–Crippen MR) is 135 cm³/mol. The van der Waals surface area contributed by atoms with Crippen molar-refractivity contribution in [2.45, 2.75) is 88.3 Å². The molecule has 1 aliphatic carbocycles. The summed E-state index contributed by atoms with van der Waals surface area (Å²) in [6.45, 7) is 4.68. The fourth-order valence-corrected chi connectivity index (χ4v) is 6.53. The molecule has 1 saturated heterocycles. The van der Waals surface area contributed by atoms with Crippen LogP contribution < -0.4 is 0 Å². The number of thioether (sulfide) groups is 1. The molecule has 0 aromatic heterocycles. The van der Waals surface area contributed by atoms with Crippen LogP contribution in [0.1, 0.15) is 82.3 Å². The molecule has 1 aliphatic heterocycles. The molecule has 0 spiro atoms. The Morgan fingerprint density at radius 3 is 2.26 bits per heavy atom. The van der Waals surface area contributed by atoms with Gasteiger partial charge in [0.05, 0.1) is 18.3 Å². The van der Waals surface area contributed by atoms with E-state index >= 15 is 4.39 Å². The molecule has 2 unspecified atom stereocenters. The number of benzene rings is 2. The molecule has 2 fully saturated rings. The Hall–Kier alpha value is -1.53. The van der Waals surface area contributed by atoms with Gasteiger partial charge >= 0.3 is 6.18 Å². The van der Waals surface area contributed by atoms with Gasteiger partial charge in [0.25, 0.3) is 0 Å². The maximum atomic E-state index is 15.5. The van der Waals surface area contributed by atoms with Crippen LogP contribution in [0.25, 0.3) is 11.1 Å². The fourth-order valence-electron chi connectivity index (χ4n) is 5.54.